The van der Waals surface area contributed by atoms with E-state index in [-0.39, 0.29) is 6.54 Å². The van der Waals surface area contributed by atoms with E-state index in [9.17, 15) is 4.39 Å². The standard InChI is InChI=1S/C18H19FN4O/c1-21-18(23-12-15-5-3-4-6-17(15)24-2)22-11-14-8-7-13(10-20)9-16(14)19/h3-9H,11-12H2,1-2H3,(H2,21,22,23). The number of benzene rings is 2. The lowest BCUT2D eigenvalue weighted by Crippen LogP contribution is -2.36. The molecule has 0 fully saturated rings. The van der Waals surface area contributed by atoms with Gasteiger partial charge in [0.25, 0.3) is 0 Å². The molecule has 0 bridgehead atoms. The number of methoxy groups -OCH3 is 1. The highest BCUT2D eigenvalue weighted by molar-refractivity contribution is 5.79. The van der Waals surface area contributed by atoms with Gasteiger partial charge in [0.1, 0.15) is 11.6 Å². The van der Waals surface area contributed by atoms with E-state index >= 15 is 0 Å². The molecule has 5 nitrogen and oxygen atoms in total. The maximum Gasteiger partial charge on any atom is 0.191 e. The number of nitrogens with zero attached hydrogens (tertiary/aromatic N) is 2. The predicted molar refractivity (Wildman–Crippen MR) is 91.1 cm³/mol. The lowest BCUT2D eigenvalue weighted by molar-refractivity contribution is 0.409. The van der Waals surface area contributed by atoms with Crippen LogP contribution in [0.15, 0.2) is 47.5 Å². The van der Waals surface area contributed by atoms with Crippen LogP contribution in [0.5, 0.6) is 5.75 Å². The molecule has 0 spiro atoms. The summed E-state index contributed by atoms with van der Waals surface area (Å²) in [6, 6.07) is 14.0. The average Bonchev–Trinajstić information content (AvgIpc) is 2.63. The number of rotatable bonds is 5. The molecule has 24 heavy (non-hydrogen) atoms. The van der Waals surface area contributed by atoms with E-state index in [0.717, 1.165) is 11.3 Å². The molecule has 0 atom stereocenters. The highest BCUT2D eigenvalue weighted by atomic mass is 19.1. The van der Waals surface area contributed by atoms with Gasteiger partial charge < -0.3 is 15.4 Å². The van der Waals surface area contributed by atoms with Crippen LogP contribution in [0.1, 0.15) is 16.7 Å². The molecule has 0 aliphatic carbocycles. The number of para-hydroxylation sites is 1. The smallest absolute Gasteiger partial charge is 0.191 e. The van der Waals surface area contributed by atoms with Crippen molar-refractivity contribution in [2.45, 2.75) is 13.1 Å². The van der Waals surface area contributed by atoms with Gasteiger partial charge in [-0.3, -0.25) is 4.99 Å². The SMILES string of the molecule is CN=C(NCc1ccc(C#N)cc1F)NCc1ccccc1OC. The number of hydrogen-bond donors (Lipinski definition) is 2. The molecule has 2 rings (SSSR count). The van der Waals surface area contributed by atoms with Crippen molar-refractivity contribution in [3.8, 4) is 11.8 Å². The van der Waals surface area contributed by atoms with Gasteiger partial charge in [0, 0.05) is 31.3 Å². The minimum Gasteiger partial charge on any atom is -0.496 e. The number of nitrogens with one attached hydrogen (secondary N) is 2. The van der Waals surface area contributed by atoms with E-state index in [4.69, 9.17) is 10.00 Å². The molecule has 0 unspecified atom stereocenters. The molecule has 0 saturated carbocycles. The first-order valence-corrected chi connectivity index (χ1v) is 7.43. The maximum absolute atomic E-state index is 13.9. The number of halogens is 1. The predicted octanol–water partition coefficient (Wildman–Crippen LogP) is 2.57. The van der Waals surface area contributed by atoms with Crippen LogP contribution in [0.2, 0.25) is 0 Å². The second-order valence-electron chi connectivity index (χ2n) is 5.01. The van der Waals surface area contributed by atoms with Crippen molar-refractivity contribution in [3.63, 3.8) is 0 Å². The Morgan fingerprint density at radius 2 is 1.88 bits per heavy atom. The van der Waals surface area contributed by atoms with Crippen molar-refractivity contribution in [2.75, 3.05) is 14.2 Å². The van der Waals surface area contributed by atoms with E-state index in [0.29, 0.717) is 23.6 Å². The van der Waals surface area contributed by atoms with Crippen LogP contribution < -0.4 is 15.4 Å². The van der Waals surface area contributed by atoms with E-state index in [1.165, 1.54) is 6.07 Å². The molecular weight excluding hydrogens is 307 g/mol. The molecule has 0 heterocycles. The van der Waals surface area contributed by atoms with E-state index in [1.807, 2.05) is 30.3 Å². The summed E-state index contributed by atoms with van der Waals surface area (Å²) in [4.78, 5) is 4.12. The fourth-order valence-electron chi connectivity index (χ4n) is 2.19. The second-order valence-corrected chi connectivity index (χ2v) is 5.01. The summed E-state index contributed by atoms with van der Waals surface area (Å²) < 4.78 is 19.2. The fraction of sp³-hybridized carbons (Fsp3) is 0.222. The zero-order valence-electron chi connectivity index (χ0n) is 13.6. The summed E-state index contributed by atoms with van der Waals surface area (Å²) in [5.74, 6) is 0.921. The molecule has 0 aliphatic rings. The van der Waals surface area contributed by atoms with Gasteiger partial charge in [-0.05, 0) is 18.2 Å². The highest BCUT2D eigenvalue weighted by Gasteiger charge is 2.06. The van der Waals surface area contributed by atoms with Gasteiger partial charge in [0.2, 0.25) is 0 Å². The van der Waals surface area contributed by atoms with Crippen molar-refractivity contribution in [2.24, 2.45) is 4.99 Å². The summed E-state index contributed by atoms with van der Waals surface area (Å²) >= 11 is 0. The van der Waals surface area contributed by atoms with Crippen molar-refractivity contribution in [3.05, 3.63) is 65.0 Å². The van der Waals surface area contributed by atoms with Crippen LogP contribution in [0.25, 0.3) is 0 Å². The third-order valence-corrected chi connectivity index (χ3v) is 3.49. The van der Waals surface area contributed by atoms with Crippen molar-refractivity contribution < 1.29 is 9.13 Å². The minimum atomic E-state index is -0.415. The summed E-state index contributed by atoms with van der Waals surface area (Å²) in [5, 5.41) is 15.0. The first-order valence-electron chi connectivity index (χ1n) is 7.43. The number of nitriles is 1. The molecule has 0 aliphatic heterocycles. The molecule has 2 aromatic rings. The lowest BCUT2D eigenvalue weighted by atomic mass is 10.1. The Balaban J connectivity index is 1.95. The Bertz CT molecular complexity index is 768. The van der Waals surface area contributed by atoms with Gasteiger partial charge >= 0.3 is 0 Å². The van der Waals surface area contributed by atoms with Gasteiger partial charge in [-0.2, -0.15) is 5.26 Å². The maximum atomic E-state index is 13.9. The van der Waals surface area contributed by atoms with Gasteiger partial charge in [-0.15, -0.1) is 0 Å². The van der Waals surface area contributed by atoms with E-state index < -0.39 is 5.82 Å². The molecule has 0 radical (unpaired) electrons. The normalized spacial score (nSPS) is 10.8. The average molecular weight is 326 g/mol. The fourth-order valence-corrected chi connectivity index (χ4v) is 2.19. The molecule has 6 heteroatoms. The molecule has 0 saturated heterocycles. The second kappa shape index (κ2) is 8.53. The first kappa shape index (κ1) is 17.3. The highest BCUT2D eigenvalue weighted by Crippen LogP contribution is 2.16. The molecular formula is C18H19FN4O. The molecule has 0 aromatic heterocycles. The topological polar surface area (TPSA) is 69.4 Å². The summed E-state index contributed by atoms with van der Waals surface area (Å²) in [5.41, 5.74) is 1.76. The quantitative estimate of drug-likeness (QED) is 0.654. The Morgan fingerprint density at radius 3 is 2.50 bits per heavy atom. The monoisotopic (exact) mass is 326 g/mol. The van der Waals surface area contributed by atoms with Crippen LogP contribution in [0.3, 0.4) is 0 Å². The third-order valence-electron chi connectivity index (χ3n) is 3.49. The van der Waals surface area contributed by atoms with Crippen molar-refractivity contribution in [1.82, 2.24) is 10.6 Å². The summed E-state index contributed by atoms with van der Waals surface area (Å²) in [6.45, 7) is 0.794. The summed E-state index contributed by atoms with van der Waals surface area (Å²) in [6.07, 6.45) is 0. The molecule has 2 N–H and O–H groups in total. The van der Waals surface area contributed by atoms with Gasteiger partial charge in [-0.25, -0.2) is 4.39 Å². The van der Waals surface area contributed by atoms with Crippen LogP contribution in [0.4, 0.5) is 4.39 Å². The first-order chi connectivity index (χ1) is 11.7. The number of guanidine groups is 1. The number of aliphatic imine (C=N–C) groups is 1. The van der Waals surface area contributed by atoms with Crippen LogP contribution in [0, 0.1) is 17.1 Å². The molecule has 0 amide bonds. The van der Waals surface area contributed by atoms with E-state index in [1.54, 1.807) is 26.3 Å². The third kappa shape index (κ3) is 4.46. The Kier molecular flexibility index (Phi) is 6.15. The van der Waals surface area contributed by atoms with E-state index in [2.05, 4.69) is 15.6 Å². The lowest BCUT2D eigenvalue weighted by Gasteiger charge is -2.14. The largest absolute Gasteiger partial charge is 0.496 e. The number of ether oxygens (including phenoxy) is 1. The summed E-state index contributed by atoms with van der Waals surface area (Å²) in [7, 11) is 3.27. The van der Waals surface area contributed by atoms with Crippen LogP contribution >= 0.6 is 0 Å². The van der Waals surface area contributed by atoms with Crippen molar-refractivity contribution >= 4 is 5.96 Å². The van der Waals surface area contributed by atoms with Crippen molar-refractivity contribution in [1.29, 1.82) is 5.26 Å². The Hall–Kier alpha value is -3.07. The number of hydrogen-bond acceptors (Lipinski definition) is 3. The molecule has 124 valence electrons. The van der Waals surface area contributed by atoms with Gasteiger partial charge in [0.15, 0.2) is 5.96 Å². The minimum absolute atomic E-state index is 0.267. The Morgan fingerprint density at radius 1 is 1.17 bits per heavy atom. The zero-order valence-corrected chi connectivity index (χ0v) is 13.6. The molecule has 2 aromatic carbocycles. The van der Waals surface area contributed by atoms with Crippen LogP contribution in [-0.2, 0) is 13.1 Å². The Labute approximate surface area is 140 Å². The van der Waals surface area contributed by atoms with Gasteiger partial charge in [0.05, 0.1) is 18.7 Å². The van der Waals surface area contributed by atoms with Crippen LogP contribution in [-0.4, -0.2) is 20.1 Å². The van der Waals surface area contributed by atoms with Gasteiger partial charge in [-0.1, -0.05) is 24.3 Å². The zero-order chi connectivity index (χ0) is 17.4.